The minimum absolute atomic E-state index is 0.159. The largest absolute Gasteiger partial charge is 0.409 e. The molecule has 1 heterocycles. The first kappa shape index (κ1) is 23.5. The Kier molecular flexibility index (Phi) is 6.45. The van der Waals surface area contributed by atoms with E-state index < -0.39 is 18.1 Å². The standard InChI is InChI=1S/C25H19ClF3N3O2/c1-15-11-12-17(23(33)16-7-3-2-4-8-16)19(13-15)30-24(34)21-14-22(25(27,28)29)31-32(21)20-10-6-5-9-18(20)26/h2-14,22,31H,1H3,(H,30,34). The number of anilines is 2. The number of alkyl halides is 3. The molecule has 0 saturated carbocycles. The lowest BCUT2D eigenvalue weighted by Crippen LogP contribution is -2.45. The van der Waals surface area contributed by atoms with Crippen molar-refractivity contribution in [3.8, 4) is 0 Å². The summed E-state index contributed by atoms with van der Waals surface area (Å²) in [4.78, 5) is 26.3. The number of carbonyl (C=O) groups is 2. The van der Waals surface area contributed by atoms with Crippen LogP contribution in [0.5, 0.6) is 0 Å². The van der Waals surface area contributed by atoms with Crippen molar-refractivity contribution in [3.63, 3.8) is 0 Å². The van der Waals surface area contributed by atoms with E-state index in [9.17, 15) is 22.8 Å². The first-order valence-electron chi connectivity index (χ1n) is 10.3. The average molecular weight is 486 g/mol. The van der Waals surface area contributed by atoms with Crippen LogP contribution in [0.25, 0.3) is 0 Å². The first-order valence-corrected chi connectivity index (χ1v) is 10.6. The van der Waals surface area contributed by atoms with Crippen molar-refractivity contribution in [2.45, 2.75) is 19.1 Å². The molecule has 1 aliphatic rings. The van der Waals surface area contributed by atoms with Gasteiger partial charge in [0.1, 0.15) is 11.7 Å². The van der Waals surface area contributed by atoms with Gasteiger partial charge in [-0.05, 0) is 42.8 Å². The fourth-order valence-corrected chi connectivity index (χ4v) is 3.77. The zero-order chi connectivity index (χ0) is 24.5. The number of nitrogens with one attached hydrogen (secondary N) is 2. The summed E-state index contributed by atoms with van der Waals surface area (Å²) in [7, 11) is 0. The van der Waals surface area contributed by atoms with Gasteiger partial charge in [0.25, 0.3) is 5.91 Å². The minimum Gasteiger partial charge on any atom is -0.320 e. The zero-order valence-electron chi connectivity index (χ0n) is 17.9. The number of hydrazine groups is 1. The Balaban J connectivity index is 1.70. The Morgan fingerprint density at radius 1 is 1.00 bits per heavy atom. The van der Waals surface area contributed by atoms with Crippen LogP contribution in [-0.2, 0) is 4.79 Å². The number of amides is 1. The molecule has 3 aromatic carbocycles. The Bertz CT molecular complexity index is 1280. The van der Waals surface area contributed by atoms with E-state index in [1.165, 1.54) is 12.1 Å². The number of para-hydroxylation sites is 1. The molecule has 1 aliphatic heterocycles. The molecule has 1 atom stereocenters. The maximum absolute atomic E-state index is 13.5. The molecular weight excluding hydrogens is 467 g/mol. The van der Waals surface area contributed by atoms with Crippen molar-refractivity contribution in [3.05, 3.63) is 106 Å². The first-order chi connectivity index (χ1) is 16.1. The molecule has 2 N–H and O–H groups in total. The molecule has 34 heavy (non-hydrogen) atoms. The molecule has 174 valence electrons. The number of benzene rings is 3. The number of halogens is 4. The lowest BCUT2D eigenvalue weighted by atomic mass is 10.00. The van der Waals surface area contributed by atoms with Gasteiger partial charge in [0.2, 0.25) is 0 Å². The molecule has 1 amide bonds. The highest BCUT2D eigenvalue weighted by molar-refractivity contribution is 6.33. The van der Waals surface area contributed by atoms with E-state index in [1.807, 2.05) is 0 Å². The van der Waals surface area contributed by atoms with Crippen molar-refractivity contribution < 1.29 is 22.8 Å². The summed E-state index contributed by atoms with van der Waals surface area (Å²) in [6.45, 7) is 1.78. The van der Waals surface area contributed by atoms with Crippen molar-refractivity contribution in [2.24, 2.45) is 0 Å². The summed E-state index contributed by atoms with van der Waals surface area (Å²) in [5, 5.41) is 3.78. The molecule has 0 fully saturated rings. The fourth-order valence-electron chi connectivity index (χ4n) is 3.55. The van der Waals surface area contributed by atoms with Gasteiger partial charge in [-0.15, -0.1) is 0 Å². The van der Waals surface area contributed by atoms with Crippen LogP contribution < -0.4 is 15.8 Å². The molecule has 4 rings (SSSR count). The number of carbonyl (C=O) groups excluding carboxylic acids is 2. The fraction of sp³-hybridized carbons (Fsp3) is 0.120. The number of hydrogen-bond donors (Lipinski definition) is 2. The summed E-state index contributed by atoms with van der Waals surface area (Å²) < 4.78 is 40.4. The van der Waals surface area contributed by atoms with Crippen LogP contribution in [0.4, 0.5) is 24.5 Å². The third-order valence-electron chi connectivity index (χ3n) is 5.22. The topological polar surface area (TPSA) is 61.4 Å². The Morgan fingerprint density at radius 2 is 1.68 bits per heavy atom. The van der Waals surface area contributed by atoms with E-state index in [2.05, 4.69) is 10.7 Å². The molecule has 9 heteroatoms. The maximum atomic E-state index is 13.5. The van der Waals surface area contributed by atoms with E-state index in [-0.39, 0.29) is 33.4 Å². The lowest BCUT2D eigenvalue weighted by Gasteiger charge is -2.25. The summed E-state index contributed by atoms with van der Waals surface area (Å²) in [6.07, 6.45) is -3.85. The van der Waals surface area contributed by atoms with Crippen molar-refractivity contribution in [1.82, 2.24) is 5.43 Å². The van der Waals surface area contributed by atoms with Gasteiger partial charge in [-0.25, -0.2) is 5.43 Å². The number of ketones is 1. The Hall–Kier alpha value is -3.62. The van der Waals surface area contributed by atoms with Crippen LogP contribution in [0.3, 0.4) is 0 Å². The van der Waals surface area contributed by atoms with E-state index in [4.69, 9.17) is 11.6 Å². The van der Waals surface area contributed by atoms with Crippen LogP contribution >= 0.6 is 11.6 Å². The van der Waals surface area contributed by atoms with Crippen molar-refractivity contribution >= 4 is 34.7 Å². The molecule has 5 nitrogen and oxygen atoms in total. The van der Waals surface area contributed by atoms with Crippen LogP contribution in [0.1, 0.15) is 21.5 Å². The number of nitrogens with zero attached hydrogens (tertiary/aromatic N) is 1. The maximum Gasteiger partial charge on any atom is 0.409 e. The summed E-state index contributed by atoms with van der Waals surface area (Å²) >= 11 is 6.19. The molecule has 1 unspecified atom stereocenters. The number of rotatable bonds is 5. The highest BCUT2D eigenvalue weighted by Gasteiger charge is 2.45. The van der Waals surface area contributed by atoms with Gasteiger partial charge < -0.3 is 5.32 Å². The molecule has 3 aromatic rings. The van der Waals surface area contributed by atoms with Gasteiger partial charge >= 0.3 is 6.18 Å². The van der Waals surface area contributed by atoms with Gasteiger partial charge in [0, 0.05) is 11.1 Å². The Morgan fingerprint density at radius 3 is 2.35 bits per heavy atom. The summed E-state index contributed by atoms with van der Waals surface area (Å²) in [6, 6.07) is 17.5. The molecule has 0 saturated heterocycles. The van der Waals surface area contributed by atoms with Crippen LogP contribution in [-0.4, -0.2) is 23.9 Å². The lowest BCUT2D eigenvalue weighted by molar-refractivity contribution is -0.142. The van der Waals surface area contributed by atoms with E-state index >= 15 is 0 Å². The quantitative estimate of drug-likeness (QED) is 0.458. The van der Waals surface area contributed by atoms with Crippen molar-refractivity contribution in [1.29, 1.82) is 0 Å². The third kappa shape index (κ3) is 4.83. The highest BCUT2D eigenvalue weighted by Crippen LogP contribution is 2.34. The second-order valence-corrected chi connectivity index (χ2v) is 8.09. The molecule has 0 aliphatic carbocycles. The molecule has 0 spiro atoms. The minimum atomic E-state index is -4.64. The predicted molar refractivity (Wildman–Crippen MR) is 125 cm³/mol. The van der Waals surface area contributed by atoms with Gasteiger partial charge in [0.15, 0.2) is 5.78 Å². The zero-order valence-corrected chi connectivity index (χ0v) is 18.6. The van der Waals surface area contributed by atoms with Gasteiger partial charge in [-0.2, -0.15) is 13.2 Å². The smallest absolute Gasteiger partial charge is 0.320 e. The Labute approximate surface area is 198 Å². The van der Waals surface area contributed by atoms with Crippen molar-refractivity contribution in [2.75, 3.05) is 10.3 Å². The van der Waals surface area contributed by atoms with Gasteiger partial charge in [-0.3, -0.25) is 14.6 Å². The second-order valence-electron chi connectivity index (χ2n) is 7.69. The van der Waals surface area contributed by atoms with Gasteiger partial charge in [0.05, 0.1) is 16.4 Å². The summed E-state index contributed by atoms with van der Waals surface area (Å²) in [5.41, 5.74) is 3.75. The molecule has 0 aromatic heterocycles. The normalized spacial score (nSPS) is 15.7. The third-order valence-corrected chi connectivity index (χ3v) is 5.54. The van der Waals surface area contributed by atoms with Crippen LogP contribution in [0, 0.1) is 6.92 Å². The molecule has 0 radical (unpaired) electrons. The SMILES string of the molecule is Cc1ccc(C(=O)c2ccccc2)c(NC(=O)C2=CC(C(F)(F)F)NN2c2ccccc2Cl)c1. The van der Waals surface area contributed by atoms with Crippen LogP contribution in [0.2, 0.25) is 5.02 Å². The van der Waals surface area contributed by atoms with E-state index in [1.54, 1.807) is 67.6 Å². The molecular formula is C25H19ClF3N3O2. The average Bonchev–Trinajstić information content (AvgIpc) is 3.26. The van der Waals surface area contributed by atoms with E-state index in [0.29, 0.717) is 5.56 Å². The van der Waals surface area contributed by atoms with Gasteiger partial charge in [-0.1, -0.05) is 60.1 Å². The van der Waals surface area contributed by atoms with E-state index in [0.717, 1.165) is 16.6 Å². The molecule has 0 bridgehead atoms. The monoisotopic (exact) mass is 485 g/mol. The predicted octanol–water partition coefficient (Wildman–Crippen LogP) is 5.66. The summed E-state index contributed by atoms with van der Waals surface area (Å²) in [5.74, 6) is -1.16. The van der Waals surface area contributed by atoms with Crippen LogP contribution in [0.15, 0.2) is 84.6 Å². The second kappa shape index (κ2) is 9.32. The number of aryl methyl sites for hydroxylation is 1. The number of hydrogen-bond acceptors (Lipinski definition) is 4. The highest BCUT2D eigenvalue weighted by atomic mass is 35.5.